The van der Waals surface area contributed by atoms with Gasteiger partial charge in [0.25, 0.3) is 0 Å². The van der Waals surface area contributed by atoms with Gasteiger partial charge in [-0.1, -0.05) is 24.3 Å². The molecule has 1 aliphatic rings. The molecule has 1 aromatic heterocycles. The molecule has 1 N–H and O–H groups in total. The van der Waals surface area contributed by atoms with Gasteiger partial charge >= 0.3 is 6.09 Å². The molecule has 1 aliphatic heterocycles. The van der Waals surface area contributed by atoms with E-state index in [9.17, 15) is 4.79 Å². The molecule has 22 heavy (non-hydrogen) atoms. The average molecular weight is 319 g/mol. The van der Waals surface area contributed by atoms with E-state index in [0.29, 0.717) is 5.92 Å². The van der Waals surface area contributed by atoms with Gasteiger partial charge in [0, 0.05) is 40.6 Å². The van der Waals surface area contributed by atoms with Crippen molar-refractivity contribution in [1.82, 2.24) is 9.88 Å². The van der Waals surface area contributed by atoms with Crippen LogP contribution >= 0.6 is 11.6 Å². The van der Waals surface area contributed by atoms with E-state index >= 15 is 0 Å². The Balaban J connectivity index is 1.65. The fourth-order valence-electron chi connectivity index (χ4n) is 2.94. The Morgan fingerprint density at radius 3 is 2.91 bits per heavy atom. The molecule has 0 atom stereocenters. The number of hydrogen-bond acceptors (Lipinski definition) is 2. The zero-order valence-electron chi connectivity index (χ0n) is 12.3. The summed E-state index contributed by atoms with van der Waals surface area (Å²) in [5.41, 5.74) is 2.32. The first-order chi connectivity index (χ1) is 10.7. The molecule has 5 heteroatoms. The van der Waals surface area contributed by atoms with E-state index in [1.807, 2.05) is 18.2 Å². The van der Waals surface area contributed by atoms with Gasteiger partial charge in [0.15, 0.2) is 0 Å². The zero-order valence-corrected chi connectivity index (χ0v) is 13.1. The Morgan fingerprint density at radius 2 is 2.18 bits per heavy atom. The number of carbonyl (C=O) groups excluding carboxylic acids is 1. The Kier molecular flexibility index (Phi) is 4.39. The number of piperidine rings is 1. The van der Waals surface area contributed by atoms with Gasteiger partial charge in [-0.25, -0.2) is 4.79 Å². The number of likely N-dealkylation sites (tertiary alicyclic amines) is 1. The molecule has 1 amide bonds. The number of nitrogens with one attached hydrogen (secondary N) is 1. The first-order valence-electron chi connectivity index (χ1n) is 7.48. The lowest BCUT2D eigenvalue weighted by Crippen LogP contribution is -2.38. The van der Waals surface area contributed by atoms with Crippen molar-refractivity contribution in [2.24, 2.45) is 0 Å². The highest BCUT2D eigenvalue weighted by Crippen LogP contribution is 2.31. The van der Waals surface area contributed by atoms with E-state index in [4.69, 9.17) is 16.3 Å². The SMILES string of the molecule is C=CCOC(=O)N1CCC(c2cc3cc(Cl)ccc3[nH]2)CC1. The number of aromatic amines is 1. The van der Waals surface area contributed by atoms with Crippen LogP contribution in [0.2, 0.25) is 5.02 Å². The van der Waals surface area contributed by atoms with Crippen LogP contribution in [-0.4, -0.2) is 35.7 Å². The van der Waals surface area contributed by atoms with Crippen LogP contribution in [0.4, 0.5) is 4.79 Å². The molecule has 1 aromatic carbocycles. The molecule has 0 radical (unpaired) electrons. The molecule has 1 saturated heterocycles. The summed E-state index contributed by atoms with van der Waals surface area (Å²) in [6.45, 7) is 5.25. The molecule has 4 nitrogen and oxygen atoms in total. The second-order valence-electron chi connectivity index (χ2n) is 5.58. The van der Waals surface area contributed by atoms with E-state index in [0.717, 1.165) is 41.9 Å². The first kappa shape index (κ1) is 15.0. The van der Waals surface area contributed by atoms with Crippen molar-refractivity contribution in [3.8, 4) is 0 Å². The number of rotatable bonds is 3. The molecule has 0 bridgehead atoms. The van der Waals surface area contributed by atoms with Crippen LogP contribution in [0.25, 0.3) is 10.9 Å². The van der Waals surface area contributed by atoms with Crippen molar-refractivity contribution in [2.45, 2.75) is 18.8 Å². The average Bonchev–Trinajstić information content (AvgIpc) is 2.95. The van der Waals surface area contributed by atoms with Gasteiger partial charge in [-0.2, -0.15) is 0 Å². The van der Waals surface area contributed by atoms with E-state index in [1.54, 1.807) is 11.0 Å². The topological polar surface area (TPSA) is 45.3 Å². The summed E-state index contributed by atoms with van der Waals surface area (Å²) < 4.78 is 5.08. The maximum atomic E-state index is 11.8. The van der Waals surface area contributed by atoms with Crippen LogP contribution < -0.4 is 0 Å². The normalized spacial score (nSPS) is 16.0. The fourth-order valence-corrected chi connectivity index (χ4v) is 3.12. The lowest BCUT2D eigenvalue weighted by Gasteiger charge is -2.30. The van der Waals surface area contributed by atoms with Crippen LogP contribution in [0.15, 0.2) is 36.9 Å². The summed E-state index contributed by atoms with van der Waals surface area (Å²) in [6.07, 6.45) is 3.20. The lowest BCUT2D eigenvalue weighted by atomic mass is 9.94. The molecule has 2 aromatic rings. The van der Waals surface area contributed by atoms with Crippen LogP contribution in [0.5, 0.6) is 0 Å². The standard InChI is InChI=1S/C17H19ClN2O2/c1-2-9-22-17(21)20-7-5-12(6-8-20)16-11-13-10-14(18)3-4-15(13)19-16/h2-4,10-12,19H,1,5-9H2. The van der Waals surface area contributed by atoms with Gasteiger partial charge in [-0.05, 0) is 37.1 Å². The van der Waals surface area contributed by atoms with E-state index in [1.165, 1.54) is 5.69 Å². The number of H-pyrrole nitrogens is 1. The second-order valence-corrected chi connectivity index (χ2v) is 6.02. The van der Waals surface area contributed by atoms with Crippen molar-refractivity contribution >= 4 is 28.6 Å². The van der Waals surface area contributed by atoms with Gasteiger partial charge in [0.2, 0.25) is 0 Å². The van der Waals surface area contributed by atoms with Crippen molar-refractivity contribution in [2.75, 3.05) is 19.7 Å². The Morgan fingerprint density at radius 1 is 1.41 bits per heavy atom. The summed E-state index contributed by atoms with van der Waals surface area (Å²) in [7, 11) is 0. The highest BCUT2D eigenvalue weighted by Gasteiger charge is 2.25. The maximum Gasteiger partial charge on any atom is 0.410 e. The summed E-state index contributed by atoms with van der Waals surface area (Å²) in [5, 5.41) is 1.88. The van der Waals surface area contributed by atoms with Crippen LogP contribution in [0.3, 0.4) is 0 Å². The minimum Gasteiger partial charge on any atom is -0.445 e. The van der Waals surface area contributed by atoms with Crippen LogP contribution in [0, 0.1) is 0 Å². The third-order valence-electron chi connectivity index (χ3n) is 4.12. The molecular formula is C17H19ClN2O2. The fraction of sp³-hybridized carbons (Fsp3) is 0.353. The Labute approximate surface area is 134 Å². The highest BCUT2D eigenvalue weighted by molar-refractivity contribution is 6.31. The molecule has 0 saturated carbocycles. The van der Waals surface area contributed by atoms with Crippen molar-refractivity contribution < 1.29 is 9.53 Å². The smallest absolute Gasteiger partial charge is 0.410 e. The van der Waals surface area contributed by atoms with Gasteiger partial charge in [0.05, 0.1) is 0 Å². The van der Waals surface area contributed by atoms with Gasteiger partial charge in [0.1, 0.15) is 6.61 Å². The third kappa shape index (κ3) is 3.12. The molecule has 0 aliphatic carbocycles. The van der Waals surface area contributed by atoms with E-state index < -0.39 is 0 Å². The Bertz CT molecular complexity index is 687. The van der Waals surface area contributed by atoms with E-state index in [-0.39, 0.29) is 12.7 Å². The van der Waals surface area contributed by atoms with Gasteiger partial charge in [-0.15, -0.1) is 0 Å². The predicted molar refractivity (Wildman–Crippen MR) is 88.4 cm³/mol. The number of halogens is 1. The molecule has 2 heterocycles. The molecule has 3 rings (SSSR count). The lowest BCUT2D eigenvalue weighted by molar-refractivity contribution is 0.102. The zero-order chi connectivity index (χ0) is 15.5. The third-order valence-corrected chi connectivity index (χ3v) is 4.36. The number of fused-ring (bicyclic) bond motifs is 1. The minimum absolute atomic E-state index is 0.248. The van der Waals surface area contributed by atoms with Crippen molar-refractivity contribution in [3.63, 3.8) is 0 Å². The number of carbonyl (C=O) groups is 1. The van der Waals surface area contributed by atoms with Crippen LogP contribution in [0.1, 0.15) is 24.5 Å². The van der Waals surface area contributed by atoms with Crippen molar-refractivity contribution in [3.05, 3.63) is 47.6 Å². The van der Waals surface area contributed by atoms with E-state index in [2.05, 4.69) is 17.6 Å². The number of nitrogens with zero attached hydrogens (tertiary/aromatic N) is 1. The van der Waals surface area contributed by atoms with Crippen molar-refractivity contribution in [1.29, 1.82) is 0 Å². The molecule has 116 valence electrons. The molecule has 1 fully saturated rings. The monoisotopic (exact) mass is 318 g/mol. The number of amides is 1. The summed E-state index contributed by atoms with van der Waals surface area (Å²) >= 11 is 6.03. The largest absolute Gasteiger partial charge is 0.445 e. The predicted octanol–water partition coefficient (Wildman–Crippen LogP) is 4.32. The number of ether oxygens (including phenoxy) is 1. The summed E-state index contributed by atoms with van der Waals surface area (Å²) in [6, 6.07) is 8.03. The quantitative estimate of drug-likeness (QED) is 0.856. The second kappa shape index (κ2) is 6.44. The summed E-state index contributed by atoms with van der Waals surface area (Å²) in [4.78, 5) is 17.0. The number of hydrogen-bond donors (Lipinski definition) is 1. The summed E-state index contributed by atoms with van der Waals surface area (Å²) in [5.74, 6) is 0.439. The van der Waals surface area contributed by atoms with Gasteiger partial charge < -0.3 is 14.6 Å². The molecular weight excluding hydrogens is 300 g/mol. The van der Waals surface area contributed by atoms with Gasteiger partial charge in [-0.3, -0.25) is 0 Å². The number of aromatic nitrogens is 1. The number of benzene rings is 1. The highest BCUT2D eigenvalue weighted by atomic mass is 35.5. The van der Waals surface area contributed by atoms with Crippen LogP contribution in [-0.2, 0) is 4.74 Å². The molecule has 0 spiro atoms. The maximum absolute atomic E-state index is 11.8. The molecule has 0 unspecified atom stereocenters. The minimum atomic E-state index is -0.248. The Hall–Kier alpha value is -1.94. The first-order valence-corrected chi connectivity index (χ1v) is 7.86.